The molecule has 88 valence electrons. The van der Waals surface area contributed by atoms with Crippen LogP contribution in [0.2, 0.25) is 0 Å². The van der Waals surface area contributed by atoms with Crippen LogP contribution in [0.25, 0.3) is 0 Å². The smallest absolute Gasteiger partial charge is 0.287 e. The van der Waals surface area contributed by atoms with Gasteiger partial charge in [-0.25, -0.2) is 4.98 Å². The third kappa shape index (κ3) is 2.41. The monoisotopic (exact) mass is 223 g/mol. The summed E-state index contributed by atoms with van der Waals surface area (Å²) in [4.78, 5) is 15.8. The van der Waals surface area contributed by atoms with E-state index in [4.69, 9.17) is 0 Å². The van der Waals surface area contributed by atoms with Gasteiger partial charge in [0.05, 0.1) is 6.10 Å². The molecule has 1 aliphatic carbocycles. The first kappa shape index (κ1) is 11.1. The molecule has 0 radical (unpaired) electrons. The van der Waals surface area contributed by atoms with Crippen molar-refractivity contribution in [1.82, 2.24) is 14.9 Å². The lowest BCUT2D eigenvalue weighted by Gasteiger charge is -2.25. The average molecular weight is 223 g/mol. The van der Waals surface area contributed by atoms with Gasteiger partial charge in [-0.1, -0.05) is 0 Å². The molecule has 1 heterocycles. The predicted octanol–water partition coefficient (Wildman–Crippen LogP) is 0.453. The first-order valence-corrected chi connectivity index (χ1v) is 5.63. The topological polar surface area (TPSA) is 67.2 Å². The van der Waals surface area contributed by atoms with Gasteiger partial charge in [0.2, 0.25) is 0 Å². The van der Waals surface area contributed by atoms with Gasteiger partial charge in [0, 0.05) is 25.5 Å². The Kier molecular flexibility index (Phi) is 3.24. The van der Waals surface area contributed by atoms with Crippen molar-refractivity contribution >= 4 is 5.91 Å². The maximum atomic E-state index is 11.8. The average Bonchev–Trinajstić information content (AvgIpc) is 2.68. The lowest BCUT2D eigenvalue weighted by Crippen LogP contribution is -2.39. The number of carbonyl (C=O) groups is 1. The van der Waals surface area contributed by atoms with E-state index in [2.05, 4.69) is 10.3 Å². The molecular weight excluding hydrogens is 206 g/mol. The first-order chi connectivity index (χ1) is 7.66. The predicted molar refractivity (Wildman–Crippen MR) is 58.9 cm³/mol. The molecule has 1 fully saturated rings. The highest BCUT2D eigenvalue weighted by Crippen LogP contribution is 2.18. The molecule has 0 bridgehead atoms. The normalized spacial score (nSPS) is 25.4. The molecule has 2 N–H and O–H groups in total. The van der Waals surface area contributed by atoms with Crippen molar-refractivity contribution in [2.24, 2.45) is 7.05 Å². The summed E-state index contributed by atoms with van der Waals surface area (Å²) in [7, 11) is 1.80. The Labute approximate surface area is 94.5 Å². The zero-order valence-corrected chi connectivity index (χ0v) is 9.39. The van der Waals surface area contributed by atoms with Gasteiger partial charge in [-0.2, -0.15) is 0 Å². The number of aromatic nitrogens is 2. The van der Waals surface area contributed by atoms with Crippen molar-refractivity contribution in [2.75, 3.05) is 0 Å². The summed E-state index contributed by atoms with van der Waals surface area (Å²) in [6.07, 6.45) is 6.39. The molecule has 0 aromatic carbocycles. The molecule has 1 aromatic heterocycles. The van der Waals surface area contributed by atoms with Crippen LogP contribution < -0.4 is 5.32 Å². The molecule has 0 aliphatic heterocycles. The fraction of sp³-hybridized carbons (Fsp3) is 0.636. The van der Waals surface area contributed by atoms with E-state index in [0.717, 1.165) is 25.7 Å². The number of hydrogen-bond acceptors (Lipinski definition) is 3. The number of nitrogens with one attached hydrogen (secondary N) is 1. The van der Waals surface area contributed by atoms with E-state index in [1.807, 2.05) is 0 Å². The number of amides is 1. The van der Waals surface area contributed by atoms with E-state index in [9.17, 15) is 9.90 Å². The minimum Gasteiger partial charge on any atom is -0.393 e. The molecule has 0 saturated heterocycles. The number of aryl methyl sites for hydroxylation is 1. The highest BCUT2D eigenvalue weighted by atomic mass is 16.3. The fourth-order valence-corrected chi connectivity index (χ4v) is 2.05. The standard InChI is InChI=1S/C11H17N3O2/c1-14-7-6-12-10(14)11(16)13-8-2-4-9(15)5-3-8/h6-9,15H,2-5H2,1H3,(H,13,16). The second-order valence-electron chi connectivity index (χ2n) is 4.34. The summed E-state index contributed by atoms with van der Waals surface area (Å²) in [5.74, 6) is 0.306. The van der Waals surface area contributed by atoms with Crippen LogP contribution >= 0.6 is 0 Å². The Bertz CT molecular complexity index is 367. The molecule has 0 unspecified atom stereocenters. The number of aliphatic hydroxyl groups excluding tert-OH is 1. The molecule has 1 aromatic rings. The summed E-state index contributed by atoms with van der Waals surface area (Å²) in [6, 6.07) is 0.174. The van der Waals surface area contributed by atoms with E-state index in [1.54, 1.807) is 24.0 Å². The summed E-state index contributed by atoms with van der Waals surface area (Å²) in [6.45, 7) is 0. The van der Waals surface area contributed by atoms with Gasteiger partial charge in [0.1, 0.15) is 0 Å². The third-order valence-corrected chi connectivity index (χ3v) is 3.06. The lowest BCUT2D eigenvalue weighted by atomic mass is 9.93. The van der Waals surface area contributed by atoms with Crippen molar-refractivity contribution in [3.05, 3.63) is 18.2 Å². The number of imidazole rings is 1. The van der Waals surface area contributed by atoms with Crippen LogP contribution in [-0.2, 0) is 7.05 Å². The van der Waals surface area contributed by atoms with E-state index < -0.39 is 0 Å². The Balaban J connectivity index is 1.91. The molecule has 1 amide bonds. The van der Waals surface area contributed by atoms with Gasteiger partial charge in [-0.3, -0.25) is 4.79 Å². The molecule has 5 nitrogen and oxygen atoms in total. The second kappa shape index (κ2) is 4.65. The molecule has 1 saturated carbocycles. The van der Waals surface area contributed by atoms with Crippen molar-refractivity contribution in [1.29, 1.82) is 0 Å². The number of hydrogen-bond donors (Lipinski definition) is 2. The molecular formula is C11H17N3O2. The van der Waals surface area contributed by atoms with Crippen LogP contribution in [0, 0.1) is 0 Å². The van der Waals surface area contributed by atoms with Gasteiger partial charge in [-0.15, -0.1) is 0 Å². The van der Waals surface area contributed by atoms with Gasteiger partial charge in [0.15, 0.2) is 5.82 Å². The Morgan fingerprint density at radius 2 is 2.19 bits per heavy atom. The number of nitrogens with zero attached hydrogens (tertiary/aromatic N) is 2. The minimum atomic E-state index is -0.193. The van der Waals surface area contributed by atoms with Crippen LogP contribution in [-0.4, -0.2) is 32.7 Å². The van der Waals surface area contributed by atoms with Crippen LogP contribution in [0.3, 0.4) is 0 Å². The number of carbonyl (C=O) groups excluding carboxylic acids is 1. The van der Waals surface area contributed by atoms with Gasteiger partial charge < -0.3 is 15.0 Å². The maximum Gasteiger partial charge on any atom is 0.287 e. The zero-order valence-electron chi connectivity index (χ0n) is 9.39. The van der Waals surface area contributed by atoms with Gasteiger partial charge in [-0.05, 0) is 25.7 Å². The SMILES string of the molecule is Cn1ccnc1C(=O)NC1CCC(O)CC1. The lowest BCUT2D eigenvalue weighted by molar-refractivity contribution is 0.0855. The molecule has 5 heteroatoms. The number of rotatable bonds is 2. The van der Waals surface area contributed by atoms with E-state index in [0.29, 0.717) is 5.82 Å². The third-order valence-electron chi connectivity index (χ3n) is 3.06. The van der Waals surface area contributed by atoms with Crippen LogP contribution in [0.1, 0.15) is 36.3 Å². The summed E-state index contributed by atoms with van der Waals surface area (Å²) >= 11 is 0. The summed E-state index contributed by atoms with van der Waals surface area (Å²) < 4.78 is 1.70. The first-order valence-electron chi connectivity index (χ1n) is 5.63. The van der Waals surface area contributed by atoms with Crippen LogP contribution in [0.15, 0.2) is 12.4 Å². The van der Waals surface area contributed by atoms with Crippen LogP contribution in [0.4, 0.5) is 0 Å². The molecule has 0 atom stereocenters. The largest absolute Gasteiger partial charge is 0.393 e. The summed E-state index contributed by atoms with van der Waals surface area (Å²) in [5.41, 5.74) is 0. The molecule has 0 spiro atoms. The Morgan fingerprint density at radius 3 is 2.75 bits per heavy atom. The zero-order chi connectivity index (χ0) is 11.5. The van der Waals surface area contributed by atoms with Crippen molar-refractivity contribution in [3.63, 3.8) is 0 Å². The summed E-state index contributed by atoms with van der Waals surface area (Å²) in [5, 5.41) is 12.3. The van der Waals surface area contributed by atoms with Gasteiger partial charge in [0.25, 0.3) is 5.91 Å². The fourth-order valence-electron chi connectivity index (χ4n) is 2.05. The van der Waals surface area contributed by atoms with Crippen LogP contribution in [0.5, 0.6) is 0 Å². The van der Waals surface area contributed by atoms with E-state index in [-0.39, 0.29) is 18.1 Å². The van der Waals surface area contributed by atoms with E-state index >= 15 is 0 Å². The highest BCUT2D eigenvalue weighted by Gasteiger charge is 2.22. The molecule has 16 heavy (non-hydrogen) atoms. The molecule has 2 rings (SSSR count). The molecule has 1 aliphatic rings. The quantitative estimate of drug-likeness (QED) is 0.765. The minimum absolute atomic E-state index is 0.131. The Hall–Kier alpha value is -1.36. The van der Waals surface area contributed by atoms with Crippen molar-refractivity contribution < 1.29 is 9.90 Å². The number of aliphatic hydroxyl groups is 1. The maximum absolute atomic E-state index is 11.8. The Morgan fingerprint density at radius 1 is 1.50 bits per heavy atom. The highest BCUT2D eigenvalue weighted by molar-refractivity contribution is 5.90. The van der Waals surface area contributed by atoms with E-state index in [1.165, 1.54) is 0 Å². The van der Waals surface area contributed by atoms with Crippen molar-refractivity contribution in [3.8, 4) is 0 Å². The van der Waals surface area contributed by atoms with Crippen molar-refractivity contribution in [2.45, 2.75) is 37.8 Å². The second-order valence-corrected chi connectivity index (χ2v) is 4.34. The van der Waals surface area contributed by atoms with Gasteiger partial charge >= 0.3 is 0 Å².